The van der Waals surface area contributed by atoms with E-state index in [1.54, 1.807) is 25.4 Å². The normalized spacial score (nSPS) is 10.8. The van der Waals surface area contributed by atoms with Crippen LogP contribution in [0.5, 0.6) is 11.6 Å². The van der Waals surface area contributed by atoms with Gasteiger partial charge in [-0.05, 0) is 63.2 Å². The van der Waals surface area contributed by atoms with Crippen LogP contribution in [0.1, 0.15) is 17.5 Å². The molecule has 0 saturated heterocycles. The van der Waals surface area contributed by atoms with Crippen molar-refractivity contribution in [1.29, 1.82) is 0 Å². The third-order valence-corrected chi connectivity index (χ3v) is 4.37. The van der Waals surface area contributed by atoms with Crippen molar-refractivity contribution in [2.24, 2.45) is 0 Å². The van der Waals surface area contributed by atoms with Crippen LogP contribution in [0.15, 0.2) is 36.5 Å². The maximum absolute atomic E-state index is 12.0. The second-order valence-corrected chi connectivity index (χ2v) is 6.76. The number of carbonyl (C=O) groups excluding carboxylic acids is 1. The molecule has 1 aromatic carbocycles. The fourth-order valence-corrected chi connectivity index (χ4v) is 2.50. The van der Waals surface area contributed by atoms with Crippen LogP contribution in [0.2, 0.25) is 0 Å². The summed E-state index contributed by atoms with van der Waals surface area (Å²) in [4.78, 5) is 18.4. The number of pyridine rings is 1. The number of aromatic nitrogens is 1. The third-order valence-electron chi connectivity index (χ3n) is 4.37. The fraction of sp³-hybridized carbons (Fsp3) is 0.429. The lowest BCUT2D eigenvalue weighted by Crippen LogP contribution is -2.32. The van der Waals surface area contributed by atoms with Gasteiger partial charge >= 0.3 is 6.03 Å². The van der Waals surface area contributed by atoms with E-state index in [0.29, 0.717) is 24.7 Å². The minimum atomic E-state index is -0.246. The molecule has 7 heteroatoms. The lowest BCUT2D eigenvalue weighted by molar-refractivity contribution is 0.160. The average Bonchev–Trinajstić information content (AvgIpc) is 2.68. The van der Waals surface area contributed by atoms with Crippen LogP contribution in [0.25, 0.3) is 0 Å². The zero-order valence-corrected chi connectivity index (χ0v) is 17.1. The summed E-state index contributed by atoms with van der Waals surface area (Å²) in [6.07, 6.45) is 2.45. The van der Waals surface area contributed by atoms with E-state index in [9.17, 15) is 4.79 Å². The number of hydrogen-bond donors (Lipinski definition) is 2. The van der Waals surface area contributed by atoms with Gasteiger partial charge in [0.2, 0.25) is 5.88 Å². The summed E-state index contributed by atoms with van der Waals surface area (Å²) < 4.78 is 10.8. The quantitative estimate of drug-likeness (QED) is 0.611. The highest BCUT2D eigenvalue weighted by Crippen LogP contribution is 2.22. The Morgan fingerprint density at radius 1 is 1.14 bits per heavy atom. The molecule has 0 bridgehead atoms. The van der Waals surface area contributed by atoms with Crippen LogP contribution in [0.4, 0.5) is 10.5 Å². The first-order chi connectivity index (χ1) is 13.5. The van der Waals surface area contributed by atoms with Crippen LogP contribution < -0.4 is 15.4 Å². The molecule has 0 spiro atoms. The van der Waals surface area contributed by atoms with Crippen molar-refractivity contribution < 1.29 is 14.3 Å². The minimum absolute atomic E-state index is 0.246. The summed E-state index contributed by atoms with van der Waals surface area (Å²) >= 11 is 0. The Morgan fingerprint density at radius 2 is 1.96 bits per heavy atom. The van der Waals surface area contributed by atoms with Gasteiger partial charge in [0.05, 0.1) is 18.5 Å². The van der Waals surface area contributed by atoms with Gasteiger partial charge < -0.3 is 25.0 Å². The Labute approximate surface area is 167 Å². The van der Waals surface area contributed by atoms with Crippen LogP contribution in [0.3, 0.4) is 0 Å². The topological polar surface area (TPSA) is 75.7 Å². The van der Waals surface area contributed by atoms with Gasteiger partial charge in [0.15, 0.2) is 0 Å². The number of likely N-dealkylation sites (N-methyl/N-ethyl adjacent to an activating group) is 1. The summed E-state index contributed by atoms with van der Waals surface area (Å²) in [7, 11) is 3.73. The number of rotatable bonds is 10. The summed E-state index contributed by atoms with van der Waals surface area (Å²) in [5, 5.41) is 5.61. The molecule has 2 N–H and O–H groups in total. The number of nitrogens with zero attached hydrogens (tertiary/aromatic N) is 2. The Balaban J connectivity index is 1.72. The van der Waals surface area contributed by atoms with Crippen molar-refractivity contribution in [2.75, 3.05) is 45.7 Å². The van der Waals surface area contributed by atoms with Gasteiger partial charge in [-0.1, -0.05) is 6.07 Å². The Morgan fingerprint density at radius 3 is 2.64 bits per heavy atom. The van der Waals surface area contributed by atoms with Gasteiger partial charge in [-0.15, -0.1) is 0 Å². The van der Waals surface area contributed by atoms with E-state index < -0.39 is 0 Å². The van der Waals surface area contributed by atoms with Gasteiger partial charge in [-0.2, -0.15) is 0 Å². The number of nitrogens with one attached hydrogen (secondary N) is 2. The third kappa shape index (κ3) is 7.54. The first kappa shape index (κ1) is 21.7. The molecular weight excluding hydrogens is 356 g/mol. The predicted octanol–water partition coefficient (Wildman–Crippen LogP) is 3.58. The lowest BCUT2D eigenvalue weighted by atomic mass is 10.1. The van der Waals surface area contributed by atoms with Crippen molar-refractivity contribution in [3.05, 3.63) is 47.7 Å². The molecule has 152 valence electrons. The van der Waals surface area contributed by atoms with Crippen molar-refractivity contribution >= 4 is 11.7 Å². The molecule has 0 aliphatic heterocycles. The Hall–Kier alpha value is -2.64. The molecular formula is C21H30N4O3. The monoisotopic (exact) mass is 386 g/mol. The maximum Gasteiger partial charge on any atom is 0.319 e. The largest absolute Gasteiger partial charge is 0.439 e. The van der Waals surface area contributed by atoms with Gasteiger partial charge in [0.25, 0.3) is 0 Å². The molecule has 0 saturated carbocycles. The van der Waals surface area contributed by atoms with Crippen LogP contribution in [-0.2, 0) is 4.74 Å². The summed E-state index contributed by atoms with van der Waals surface area (Å²) in [6.45, 7) is 7.19. The molecule has 2 amide bonds. The van der Waals surface area contributed by atoms with Crippen molar-refractivity contribution in [2.45, 2.75) is 20.3 Å². The van der Waals surface area contributed by atoms with Crippen molar-refractivity contribution in [1.82, 2.24) is 15.2 Å². The Bertz CT molecular complexity index is 750. The molecule has 2 aromatic rings. The van der Waals surface area contributed by atoms with Crippen LogP contribution in [-0.4, -0.2) is 56.3 Å². The Kier molecular flexibility index (Phi) is 8.71. The predicted molar refractivity (Wildman–Crippen MR) is 111 cm³/mol. The molecule has 28 heavy (non-hydrogen) atoms. The molecule has 0 aliphatic carbocycles. The molecule has 7 nitrogen and oxygen atoms in total. The minimum Gasteiger partial charge on any atom is -0.439 e. The van der Waals surface area contributed by atoms with E-state index in [4.69, 9.17) is 9.47 Å². The van der Waals surface area contributed by atoms with E-state index in [1.807, 2.05) is 32.2 Å². The van der Waals surface area contributed by atoms with E-state index in [1.165, 1.54) is 5.56 Å². The van der Waals surface area contributed by atoms with Gasteiger partial charge in [0, 0.05) is 26.3 Å². The fourth-order valence-electron chi connectivity index (χ4n) is 2.50. The van der Waals surface area contributed by atoms with E-state index in [-0.39, 0.29) is 6.03 Å². The molecule has 0 aliphatic rings. The number of methoxy groups -OCH3 is 1. The molecule has 0 unspecified atom stereocenters. The zero-order chi connectivity index (χ0) is 20.4. The smallest absolute Gasteiger partial charge is 0.319 e. The number of ether oxygens (including phenoxy) is 2. The van der Waals surface area contributed by atoms with E-state index in [0.717, 1.165) is 30.8 Å². The number of anilines is 1. The lowest BCUT2D eigenvalue weighted by Gasteiger charge is -2.16. The van der Waals surface area contributed by atoms with Gasteiger partial charge in [0.1, 0.15) is 5.75 Å². The number of carbonyl (C=O) groups is 1. The standard InChI is InChI=1S/C21H30N4O3/c1-16-6-8-19(14-17(16)2)28-20-9-7-18(15-23-20)24-21(26)22-10-5-11-25(3)12-13-27-4/h6-9,14-15H,5,10-13H2,1-4H3,(H2,22,24,26). The second kappa shape index (κ2) is 11.3. The molecule has 1 aromatic heterocycles. The number of aryl methyl sites for hydroxylation is 2. The number of benzene rings is 1. The molecule has 0 fully saturated rings. The second-order valence-electron chi connectivity index (χ2n) is 6.76. The molecule has 0 atom stereocenters. The zero-order valence-electron chi connectivity index (χ0n) is 17.1. The first-order valence-corrected chi connectivity index (χ1v) is 9.41. The van der Waals surface area contributed by atoms with Crippen molar-refractivity contribution in [3.63, 3.8) is 0 Å². The van der Waals surface area contributed by atoms with E-state index in [2.05, 4.69) is 27.4 Å². The molecule has 2 rings (SSSR count). The number of amides is 2. The van der Waals surface area contributed by atoms with Gasteiger partial charge in [-0.25, -0.2) is 9.78 Å². The van der Waals surface area contributed by atoms with Crippen LogP contribution in [0, 0.1) is 13.8 Å². The average molecular weight is 386 g/mol. The summed E-state index contributed by atoms with van der Waals surface area (Å²) in [5.41, 5.74) is 2.99. The van der Waals surface area contributed by atoms with E-state index >= 15 is 0 Å². The molecule has 0 radical (unpaired) electrons. The number of hydrogen-bond acceptors (Lipinski definition) is 5. The SMILES string of the molecule is COCCN(C)CCCNC(=O)Nc1ccc(Oc2ccc(C)c(C)c2)nc1. The summed E-state index contributed by atoms with van der Waals surface area (Å²) in [6, 6.07) is 9.15. The number of urea groups is 1. The highest BCUT2D eigenvalue weighted by molar-refractivity contribution is 5.88. The summed E-state index contributed by atoms with van der Waals surface area (Å²) in [5.74, 6) is 1.22. The molecule has 1 heterocycles. The maximum atomic E-state index is 12.0. The van der Waals surface area contributed by atoms with Crippen molar-refractivity contribution in [3.8, 4) is 11.6 Å². The van der Waals surface area contributed by atoms with Crippen LogP contribution >= 0.6 is 0 Å². The van der Waals surface area contributed by atoms with Gasteiger partial charge in [-0.3, -0.25) is 0 Å². The highest BCUT2D eigenvalue weighted by atomic mass is 16.5. The highest BCUT2D eigenvalue weighted by Gasteiger charge is 2.05. The first-order valence-electron chi connectivity index (χ1n) is 9.41.